The summed E-state index contributed by atoms with van der Waals surface area (Å²) in [5, 5.41) is 3.41. The van der Waals surface area contributed by atoms with Crippen molar-refractivity contribution in [1.82, 2.24) is 9.47 Å². The molecule has 1 aromatic heterocycles. The van der Waals surface area contributed by atoms with Crippen LogP contribution in [-0.4, -0.2) is 41.2 Å². The van der Waals surface area contributed by atoms with Crippen molar-refractivity contribution in [2.24, 2.45) is 0 Å². The highest BCUT2D eigenvalue weighted by atomic mass is 16.7. The summed E-state index contributed by atoms with van der Waals surface area (Å²) in [4.78, 5) is 40.1. The monoisotopic (exact) mass is 421 g/mol. The number of aromatic nitrogens is 1. The molecule has 0 fully saturated rings. The lowest BCUT2D eigenvalue weighted by atomic mass is 10.1. The number of nitrogens with zero attached hydrogens (tertiary/aromatic N) is 2. The van der Waals surface area contributed by atoms with Crippen LogP contribution in [0.3, 0.4) is 0 Å². The van der Waals surface area contributed by atoms with E-state index < -0.39 is 5.56 Å². The standard InChI is InChI=1S/C23H23N3O5/c1-3-25(4-2)23(29)17-12-22(28)26(18-8-6-5-7-16(17)18)13-21(27)24-15-9-10-19-20(11-15)31-14-30-19/h5-12H,3-4,13-14H2,1-2H3,(H,24,27). The first-order valence-electron chi connectivity index (χ1n) is 10.1. The molecule has 2 heterocycles. The highest BCUT2D eigenvalue weighted by molar-refractivity contribution is 6.06. The molecule has 0 aliphatic carbocycles. The Morgan fingerprint density at radius 1 is 1.03 bits per heavy atom. The topological polar surface area (TPSA) is 89.9 Å². The van der Waals surface area contributed by atoms with Crippen LogP contribution in [0.1, 0.15) is 24.2 Å². The van der Waals surface area contributed by atoms with E-state index in [-0.39, 0.29) is 25.2 Å². The van der Waals surface area contributed by atoms with Crippen molar-refractivity contribution in [3.63, 3.8) is 0 Å². The number of carbonyl (C=O) groups excluding carboxylic acids is 2. The smallest absolute Gasteiger partial charge is 0.254 e. The van der Waals surface area contributed by atoms with E-state index in [2.05, 4.69) is 5.32 Å². The Balaban J connectivity index is 1.64. The predicted octanol–water partition coefficient (Wildman–Crippen LogP) is 2.85. The maximum absolute atomic E-state index is 12.9. The van der Waals surface area contributed by atoms with Crippen LogP contribution in [0.5, 0.6) is 11.5 Å². The molecular weight excluding hydrogens is 398 g/mol. The summed E-state index contributed by atoms with van der Waals surface area (Å²) >= 11 is 0. The Kier molecular flexibility index (Phi) is 5.62. The number of hydrogen-bond acceptors (Lipinski definition) is 5. The Labute approximate surface area is 179 Å². The quantitative estimate of drug-likeness (QED) is 0.661. The minimum Gasteiger partial charge on any atom is -0.454 e. The summed E-state index contributed by atoms with van der Waals surface area (Å²) in [5.41, 5.74) is 1.01. The van der Waals surface area contributed by atoms with Crippen molar-refractivity contribution < 1.29 is 19.1 Å². The van der Waals surface area contributed by atoms with E-state index in [1.807, 2.05) is 19.9 Å². The molecule has 0 saturated carbocycles. The van der Waals surface area contributed by atoms with Gasteiger partial charge in [0.15, 0.2) is 11.5 Å². The zero-order valence-corrected chi connectivity index (χ0v) is 17.4. The van der Waals surface area contributed by atoms with Gasteiger partial charge in [-0.1, -0.05) is 18.2 Å². The minimum absolute atomic E-state index is 0.146. The second-order valence-electron chi connectivity index (χ2n) is 7.09. The Morgan fingerprint density at radius 3 is 2.55 bits per heavy atom. The largest absolute Gasteiger partial charge is 0.454 e. The van der Waals surface area contributed by atoms with Gasteiger partial charge in [-0.15, -0.1) is 0 Å². The summed E-state index contributed by atoms with van der Waals surface area (Å²) in [6, 6.07) is 13.5. The number of benzene rings is 2. The average molecular weight is 421 g/mol. The maximum atomic E-state index is 12.9. The van der Waals surface area contributed by atoms with Crippen LogP contribution in [-0.2, 0) is 11.3 Å². The van der Waals surface area contributed by atoms with E-state index in [4.69, 9.17) is 9.47 Å². The summed E-state index contributed by atoms with van der Waals surface area (Å²) in [6.07, 6.45) is 0. The fraction of sp³-hybridized carbons (Fsp3) is 0.261. The molecule has 0 spiro atoms. The second kappa shape index (κ2) is 8.51. The first-order valence-corrected chi connectivity index (χ1v) is 10.1. The zero-order valence-electron chi connectivity index (χ0n) is 17.4. The first-order chi connectivity index (χ1) is 15.0. The molecule has 0 unspecified atom stereocenters. The molecule has 160 valence electrons. The van der Waals surface area contributed by atoms with Crippen molar-refractivity contribution >= 4 is 28.4 Å². The van der Waals surface area contributed by atoms with Gasteiger partial charge in [0.1, 0.15) is 6.54 Å². The first kappa shape index (κ1) is 20.5. The Morgan fingerprint density at radius 2 is 1.77 bits per heavy atom. The maximum Gasteiger partial charge on any atom is 0.254 e. The third kappa shape index (κ3) is 3.96. The van der Waals surface area contributed by atoms with Crippen LogP contribution in [0.15, 0.2) is 53.3 Å². The Bertz CT molecular complexity index is 1210. The number of fused-ring (bicyclic) bond motifs is 2. The lowest BCUT2D eigenvalue weighted by Gasteiger charge is -2.20. The molecule has 3 aromatic rings. The molecule has 1 aliphatic heterocycles. The SMILES string of the molecule is CCN(CC)C(=O)c1cc(=O)n(CC(=O)Nc2ccc3c(c2)OCO3)c2ccccc12. The van der Waals surface area contributed by atoms with E-state index in [1.165, 1.54) is 10.6 Å². The molecule has 0 radical (unpaired) electrons. The fourth-order valence-electron chi connectivity index (χ4n) is 3.67. The average Bonchev–Trinajstić information content (AvgIpc) is 3.24. The number of pyridine rings is 1. The van der Waals surface area contributed by atoms with Crippen molar-refractivity contribution in [2.45, 2.75) is 20.4 Å². The van der Waals surface area contributed by atoms with E-state index in [0.29, 0.717) is 46.7 Å². The minimum atomic E-state index is -0.407. The number of para-hydroxylation sites is 1. The van der Waals surface area contributed by atoms with Crippen LogP contribution in [0.2, 0.25) is 0 Å². The molecule has 8 heteroatoms. The van der Waals surface area contributed by atoms with Gasteiger partial charge in [0, 0.05) is 36.3 Å². The zero-order chi connectivity index (χ0) is 22.0. The molecular formula is C23H23N3O5. The summed E-state index contributed by atoms with van der Waals surface area (Å²) < 4.78 is 12.0. The number of rotatable bonds is 6. The molecule has 0 atom stereocenters. The summed E-state index contributed by atoms with van der Waals surface area (Å²) in [7, 11) is 0. The number of ether oxygens (including phenoxy) is 2. The predicted molar refractivity (Wildman–Crippen MR) is 117 cm³/mol. The highest BCUT2D eigenvalue weighted by Crippen LogP contribution is 2.34. The lowest BCUT2D eigenvalue weighted by molar-refractivity contribution is -0.116. The molecule has 1 N–H and O–H groups in total. The molecule has 1 aliphatic rings. The van der Waals surface area contributed by atoms with Crippen LogP contribution >= 0.6 is 0 Å². The fourth-order valence-corrected chi connectivity index (χ4v) is 3.67. The number of hydrogen-bond donors (Lipinski definition) is 1. The van der Waals surface area contributed by atoms with Crippen molar-refractivity contribution in [3.05, 3.63) is 64.4 Å². The van der Waals surface area contributed by atoms with Gasteiger partial charge >= 0.3 is 0 Å². The van der Waals surface area contributed by atoms with Gasteiger partial charge in [-0.25, -0.2) is 0 Å². The third-order valence-electron chi connectivity index (χ3n) is 5.26. The number of anilines is 1. The van der Waals surface area contributed by atoms with Gasteiger partial charge < -0.3 is 19.7 Å². The second-order valence-corrected chi connectivity index (χ2v) is 7.09. The summed E-state index contributed by atoms with van der Waals surface area (Å²) in [6.45, 7) is 4.84. The Hall–Kier alpha value is -3.81. The van der Waals surface area contributed by atoms with Crippen LogP contribution in [0, 0.1) is 0 Å². The summed E-state index contributed by atoms with van der Waals surface area (Å²) in [5.74, 6) is 0.609. The molecule has 2 aromatic carbocycles. The molecule has 4 rings (SSSR count). The normalized spacial score (nSPS) is 12.1. The van der Waals surface area contributed by atoms with Gasteiger partial charge in [-0.2, -0.15) is 0 Å². The van der Waals surface area contributed by atoms with Gasteiger partial charge in [0.2, 0.25) is 12.7 Å². The highest BCUT2D eigenvalue weighted by Gasteiger charge is 2.20. The molecule has 0 bridgehead atoms. The van der Waals surface area contributed by atoms with Gasteiger partial charge in [0.25, 0.3) is 11.5 Å². The molecule has 31 heavy (non-hydrogen) atoms. The lowest BCUT2D eigenvalue weighted by Crippen LogP contribution is -2.33. The van der Waals surface area contributed by atoms with E-state index in [0.717, 1.165) is 0 Å². The van der Waals surface area contributed by atoms with Gasteiger partial charge in [-0.05, 0) is 32.0 Å². The molecule has 2 amide bonds. The van der Waals surface area contributed by atoms with E-state index in [9.17, 15) is 14.4 Å². The number of carbonyl (C=O) groups is 2. The van der Waals surface area contributed by atoms with Crippen molar-refractivity contribution in [1.29, 1.82) is 0 Å². The molecule has 0 saturated heterocycles. The number of amides is 2. The van der Waals surface area contributed by atoms with Crippen LogP contribution < -0.4 is 20.3 Å². The van der Waals surface area contributed by atoms with Crippen molar-refractivity contribution in [3.8, 4) is 11.5 Å². The van der Waals surface area contributed by atoms with Gasteiger partial charge in [0.05, 0.1) is 11.1 Å². The van der Waals surface area contributed by atoms with Crippen LogP contribution in [0.25, 0.3) is 10.9 Å². The third-order valence-corrected chi connectivity index (χ3v) is 5.26. The van der Waals surface area contributed by atoms with E-state index in [1.54, 1.807) is 41.3 Å². The molecule has 8 nitrogen and oxygen atoms in total. The van der Waals surface area contributed by atoms with Gasteiger partial charge in [-0.3, -0.25) is 19.0 Å². The van der Waals surface area contributed by atoms with Crippen LogP contribution in [0.4, 0.5) is 5.69 Å². The van der Waals surface area contributed by atoms with E-state index >= 15 is 0 Å². The van der Waals surface area contributed by atoms with Crippen molar-refractivity contribution in [2.75, 3.05) is 25.2 Å². The number of nitrogens with one attached hydrogen (secondary N) is 1.